The molecule has 1 aromatic heterocycles. The highest BCUT2D eigenvalue weighted by Crippen LogP contribution is 2.10. The molecule has 0 aliphatic heterocycles. The molecule has 6 nitrogen and oxygen atoms in total. The number of nitrogens with one attached hydrogen (secondary N) is 1. The number of hydrogen-bond donors (Lipinski definition) is 2. The van der Waals surface area contributed by atoms with E-state index >= 15 is 0 Å². The van der Waals surface area contributed by atoms with Crippen molar-refractivity contribution in [2.75, 3.05) is 12.4 Å². The van der Waals surface area contributed by atoms with Crippen molar-refractivity contribution in [3.05, 3.63) is 53.0 Å². The van der Waals surface area contributed by atoms with Gasteiger partial charge >= 0.3 is 5.97 Å². The van der Waals surface area contributed by atoms with Crippen LogP contribution in [0.4, 0.5) is 5.82 Å². The highest BCUT2D eigenvalue weighted by Gasteiger charge is 2.04. The van der Waals surface area contributed by atoms with Gasteiger partial charge in [0.2, 0.25) is 0 Å². The molecule has 0 unspecified atom stereocenters. The van der Waals surface area contributed by atoms with Crippen LogP contribution in [0.25, 0.3) is 0 Å². The topological polar surface area (TPSA) is 84.3 Å². The molecule has 0 aliphatic carbocycles. The van der Waals surface area contributed by atoms with Crippen molar-refractivity contribution in [3.8, 4) is 0 Å². The predicted molar refractivity (Wildman–Crippen MR) is 78.2 cm³/mol. The Kier molecular flexibility index (Phi) is 4.84. The zero-order valence-corrected chi connectivity index (χ0v) is 12.0. The number of carboxylic acids is 1. The summed E-state index contributed by atoms with van der Waals surface area (Å²) in [7, 11) is 1.60. The SMILES string of the molecule is COCc1nc(C)cc(NCc2ccc(C(=O)O)cc2)n1. The van der Waals surface area contributed by atoms with E-state index in [0.29, 0.717) is 19.0 Å². The maximum atomic E-state index is 10.8. The number of ether oxygens (including phenoxy) is 1. The van der Waals surface area contributed by atoms with Gasteiger partial charge in [-0.1, -0.05) is 12.1 Å². The van der Waals surface area contributed by atoms with E-state index in [1.165, 1.54) is 0 Å². The van der Waals surface area contributed by atoms with Gasteiger partial charge in [-0.25, -0.2) is 14.8 Å². The Bertz CT molecular complexity index is 627. The quantitative estimate of drug-likeness (QED) is 0.847. The van der Waals surface area contributed by atoms with Crippen molar-refractivity contribution >= 4 is 11.8 Å². The molecule has 0 saturated heterocycles. The zero-order chi connectivity index (χ0) is 15.2. The van der Waals surface area contributed by atoms with Gasteiger partial charge in [-0.05, 0) is 24.6 Å². The summed E-state index contributed by atoms with van der Waals surface area (Å²) in [5.41, 5.74) is 2.12. The number of benzene rings is 1. The van der Waals surface area contributed by atoms with Crippen LogP contribution in [0.3, 0.4) is 0 Å². The van der Waals surface area contributed by atoms with Crippen LogP contribution in [0.5, 0.6) is 0 Å². The molecule has 1 heterocycles. The predicted octanol–water partition coefficient (Wildman–Crippen LogP) is 2.24. The lowest BCUT2D eigenvalue weighted by atomic mass is 10.1. The molecule has 0 fully saturated rings. The maximum absolute atomic E-state index is 10.8. The van der Waals surface area contributed by atoms with Gasteiger partial charge in [-0.2, -0.15) is 0 Å². The number of aryl methyl sites for hydroxylation is 1. The second-order valence-corrected chi connectivity index (χ2v) is 4.60. The second-order valence-electron chi connectivity index (χ2n) is 4.60. The van der Waals surface area contributed by atoms with Gasteiger partial charge in [0.1, 0.15) is 12.4 Å². The molecule has 0 radical (unpaired) electrons. The summed E-state index contributed by atoms with van der Waals surface area (Å²) in [6, 6.07) is 8.58. The maximum Gasteiger partial charge on any atom is 0.335 e. The van der Waals surface area contributed by atoms with Crippen LogP contribution in [0.1, 0.15) is 27.4 Å². The van der Waals surface area contributed by atoms with Crippen molar-refractivity contribution in [1.82, 2.24) is 9.97 Å². The Labute approximate surface area is 122 Å². The van der Waals surface area contributed by atoms with E-state index in [1.54, 1.807) is 31.4 Å². The number of carboxylic acid groups (broad SMARTS) is 1. The summed E-state index contributed by atoms with van der Waals surface area (Å²) in [5.74, 6) is 0.420. The van der Waals surface area contributed by atoms with Gasteiger partial charge in [0.05, 0.1) is 5.56 Å². The molecule has 0 bridgehead atoms. The van der Waals surface area contributed by atoms with E-state index in [4.69, 9.17) is 9.84 Å². The molecular weight excluding hydrogens is 270 g/mol. The smallest absolute Gasteiger partial charge is 0.335 e. The number of nitrogens with zero attached hydrogens (tertiary/aromatic N) is 2. The Balaban J connectivity index is 2.03. The number of anilines is 1. The lowest BCUT2D eigenvalue weighted by Crippen LogP contribution is -2.06. The Morgan fingerprint density at radius 1 is 1.29 bits per heavy atom. The molecule has 0 saturated carbocycles. The number of aromatic carboxylic acids is 1. The Morgan fingerprint density at radius 2 is 2.00 bits per heavy atom. The molecule has 1 aromatic carbocycles. The zero-order valence-electron chi connectivity index (χ0n) is 12.0. The molecule has 0 atom stereocenters. The summed E-state index contributed by atoms with van der Waals surface area (Å²) < 4.78 is 5.03. The van der Waals surface area contributed by atoms with Crippen LogP contribution in [-0.2, 0) is 17.9 Å². The Hall–Kier alpha value is -2.47. The summed E-state index contributed by atoms with van der Waals surface area (Å²) in [4.78, 5) is 19.4. The van der Waals surface area contributed by atoms with Gasteiger partial charge in [-0.15, -0.1) is 0 Å². The van der Waals surface area contributed by atoms with Gasteiger partial charge < -0.3 is 15.2 Å². The first-order valence-electron chi connectivity index (χ1n) is 6.48. The third-order valence-corrected chi connectivity index (χ3v) is 2.85. The monoisotopic (exact) mass is 287 g/mol. The van der Waals surface area contributed by atoms with E-state index in [0.717, 1.165) is 17.1 Å². The average Bonchev–Trinajstić information content (AvgIpc) is 2.45. The minimum absolute atomic E-state index is 0.277. The first-order valence-corrected chi connectivity index (χ1v) is 6.48. The van der Waals surface area contributed by atoms with E-state index in [1.807, 2.05) is 13.0 Å². The van der Waals surface area contributed by atoms with Crippen molar-refractivity contribution in [2.24, 2.45) is 0 Å². The number of methoxy groups -OCH3 is 1. The standard InChI is InChI=1S/C15H17N3O3/c1-10-7-13(18-14(17-10)9-21-2)16-8-11-3-5-12(6-4-11)15(19)20/h3-7H,8-9H2,1-2H3,(H,19,20)(H,16,17,18). The fourth-order valence-corrected chi connectivity index (χ4v) is 1.87. The third-order valence-electron chi connectivity index (χ3n) is 2.85. The lowest BCUT2D eigenvalue weighted by Gasteiger charge is -2.08. The molecular formula is C15H17N3O3. The Morgan fingerprint density at radius 3 is 2.62 bits per heavy atom. The van der Waals surface area contributed by atoms with Gasteiger partial charge in [0, 0.05) is 25.4 Å². The van der Waals surface area contributed by atoms with Crippen molar-refractivity contribution < 1.29 is 14.6 Å². The first-order chi connectivity index (χ1) is 10.1. The molecule has 21 heavy (non-hydrogen) atoms. The number of carbonyl (C=O) groups is 1. The minimum Gasteiger partial charge on any atom is -0.478 e. The average molecular weight is 287 g/mol. The van der Waals surface area contributed by atoms with Crippen LogP contribution in [0, 0.1) is 6.92 Å². The lowest BCUT2D eigenvalue weighted by molar-refractivity contribution is 0.0697. The summed E-state index contributed by atoms with van der Waals surface area (Å²) >= 11 is 0. The van der Waals surface area contributed by atoms with Gasteiger partial charge in [0.15, 0.2) is 5.82 Å². The highest BCUT2D eigenvalue weighted by atomic mass is 16.5. The minimum atomic E-state index is -0.926. The van der Waals surface area contributed by atoms with Crippen LogP contribution in [-0.4, -0.2) is 28.2 Å². The van der Waals surface area contributed by atoms with E-state index in [-0.39, 0.29) is 5.56 Å². The molecule has 0 aliphatic rings. The van der Waals surface area contributed by atoms with Crippen molar-refractivity contribution in [3.63, 3.8) is 0 Å². The van der Waals surface area contributed by atoms with Gasteiger partial charge in [-0.3, -0.25) is 0 Å². The summed E-state index contributed by atoms with van der Waals surface area (Å²) in [6.07, 6.45) is 0. The third kappa shape index (κ3) is 4.25. The molecule has 0 amide bonds. The number of hydrogen-bond acceptors (Lipinski definition) is 5. The van der Waals surface area contributed by atoms with E-state index in [2.05, 4.69) is 15.3 Å². The highest BCUT2D eigenvalue weighted by molar-refractivity contribution is 5.87. The number of rotatable bonds is 6. The van der Waals surface area contributed by atoms with Crippen molar-refractivity contribution in [1.29, 1.82) is 0 Å². The summed E-state index contributed by atoms with van der Waals surface area (Å²) in [5, 5.41) is 12.0. The largest absolute Gasteiger partial charge is 0.478 e. The fraction of sp³-hybridized carbons (Fsp3) is 0.267. The van der Waals surface area contributed by atoms with Crippen LogP contribution >= 0.6 is 0 Å². The molecule has 110 valence electrons. The fourth-order valence-electron chi connectivity index (χ4n) is 1.87. The van der Waals surface area contributed by atoms with Crippen molar-refractivity contribution in [2.45, 2.75) is 20.1 Å². The molecule has 2 rings (SSSR count). The molecule has 6 heteroatoms. The first kappa shape index (κ1) is 14.9. The van der Waals surface area contributed by atoms with E-state index in [9.17, 15) is 4.79 Å². The van der Waals surface area contributed by atoms with Crippen LogP contribution < -0.4 is 5.32 Å². The molecule has 2 N–H and O–H groups in total. The second kappa shape index (κ2) is 6.81. The normalized spacial score (nSPS) is 10.4. The van der Waals surface area contributed by atoms with Crippen LogP contribution in [0.15, 0.2) is 30.3 Å². The van der Waals surface area contributed by atoms with Crippen LogP contribution in [0.2, 0.25) is 0 Å². The van der Waals surface area contributed by atoms with E-state index < -0.39 is 5.97 Å². The summed E-state index contributed by atoms with van der Waals surface area (Å²) in [6.45, 7) is 2.82. The van der Waals surface area contributed by atoms with Gasteiger partial charge in [0.25, 0.3) is 0 Å². The molecule has 0 spiro atoms. The molecule has 2 aromatic rings. The number of aromatic nitrogens is 2.